The monoisotopic (exact) mass is 296 g/mol. The van der Waals surface area contributed by atoms with Crippen LogP contribution in [0.2, 0.25) is 0 Å². The Hall–Kier alpha value is -1.69. The second-order valence-corrected chi connectivity index (χ2v) is 5.63. The van der Waals surface area contributed by atoms with Gasteiger partial charge in [0.1, 0.15) is 5.75 Å². The number of carbonyl (C=O) groups excluding carboxylic acids is 1. The van der Waals surface area contributed by atoms with Gasteiger partial charge in [0, 0.05) is 11.6 Å². The van der Waals surface area contributed by atoms with Gasteiger partial charge in [-0.3, -0.25) is 4.79 Å². The summed E-state index contributed by atoms with van der Waals surface area (Å²) in [5.74, 6) is -0.393. The maximum absolute atomic E-state index is 13.0. The molecule has 3 rings (SSSR count). The van der Waals surface area contributed by atoms with Crippen molar-refractivity contribution in [2.45, 2.75) is 37.3 Å². The van der Waals surface area contributed by atoms with E-state index in [4.69, 9.17) is 4.74 Å². The molecule has 4 nitrogen and oxygen atoms in total. The van der Waals surface area contributed by atoms with Crippen molar-refractivity contribution in [3.63, 3.8) is 0 Å². The van der Waals surface area contributed by atoms with Crippen LogP contribution in [-0.4, -0.2) is 31.1 Å². The molecular formula is C15H18F2N2O2. The Morgan fingerprint density at radius 2 is 2.24 bits per heavy atom. The zero-order valence-corrected chi connectivity index (χ0v) is 11.8. The average Bonchev–Trinajstić information content (AvgIpc) is 3.15. The van der Waals surface area contributed by atoms with Crippen molar-refractivity contribution in [1.29, 1.82) is 0 Å². The molecule has 1 amide bonds. The fraction of sp³-hybridized carbons (Fsp3) is 0.533. The molecule has 114 valence electrons. The van der Waals surface area contributed by atoms with Gasteiger partial charge in [-0.05, 0) is 37.9 Å². The van der Waals surface area contributed by atoms with Crippen LogP contribution in [-0.2, 0) is 0 Å². The normalized spacial score (nSPS) is 22.6. The Morgan fingerprint density at radius 1 is 1.48 bits per heavy atom. The van der Waals surface area contributed by atoms with Crippen LogP contribution in [0.1, 0.15) is 41.6 Å². The third-order valence-corrected chi connectivity index (χ3v) is 4.40. The van der Waals surface area contributed by atoms with Crippen LogP contribution in [0.4, 0.5) is 8.78 Å². The van der Waals surface area contributed by atoms with E-state index in [1.165, 1.54) is 25.3 Å². The van der Waals surface area contributed by atoms with Crippen molar-refractivity contribution in [3.8, 4) is 5.75 Å². The van der Waals surface area contributed by atoms with Gasteiger partial charge in [0.05, 0.1) is 18.2 Å². The van der Waals surface area contributed by atoms with Gasteiger partial charge in [-0.2, -0.15) is 0 Å². The number of amides is 1. The number of alkyl halides is 2. The Morgan fingerprint density at radius 3 is 2.86 bits per heavy atom. The molecule has 1 aromatic carbocycles. The smallest absolute Gasteiger partial charge is 0.267 e. The number of hydrogen-bond donors (Lipinski definition) is 2. The maximum atomic E-state index is 13.0. The minimum atomic E-state index is -2.67. The van der Waals surface area contributed by atoms with Crippen LogP contribution < -0.4 is 15.4 Å². The van der Waals surface area contributed by atoms with Gasteiger partial charge < -0.3 is 15.4 Å². The molecule has 1 aliphatic carbocycles. The van der Waals surface area contributed by atoms with Crippen molar-refractivity contribution in [2.24, 2.45) is 0 Å². The quantitative estimate of drug-likeness (QED) is 0.896. The second-order valence-electron chi connectivity index (χ2n) is 5.63. The van der Waals surface area contributed by atoms with Crippen molar-refractivity contribution >= 4 is 5.91 Å². The second kappa shape index (κ2) is 5.26. The zero-order chi connectivity index (χ0) is 15.0. The van der Waals surface area contributed by atoms with Crippen LogP contribution in [0.3, 0.4) is 0 Å². The summed E-state index contributed by atoms with van der Waals surface area (Å²) >= 11 is 0. The number of carbonyl (C=O) groups is 1. The van der Waals surface area contributed by atoms with E-state index in [1.807, 2.05) is 0 Å². The molecule has 2 aliphatic rings. The molecule has 1 aliphatic heterocycles. The van der Waals surface area contributed by atoms with Crippen molar-refractivity contribution < 1.29 is 18.3 Å². The van der Waals surface area contributed by atoms with Crippen LogP contribution >= 0.6 is 0 Å². The maximum Gasteiger partial charge on any atom is 0.267 e. The van der Waals surface area contributed by atoms with E-state index < -0.39 is 6.43 Å². The standard InChI is InChI=1S/C15H18F2N2O2/c1-21-12-9(13(16)17)3-2-4-10(12)14(20)19-11-5-8-18-15(11)6-7-15/h2-4,11,13,18H,5-8H2,1H3,(H,19,20). The largest absolute Gasteiger partial charge is 0.495 e. The first kappa shape index (κ1) is 14.3. The number of hydrogen-bond acceptors (Lipinski definition) is 3. The Kier molecular flexibility index (Phi) is 3.57. The molecule has 6 heteroatoms. The lowest BCUT2D eigenvalue weighted by Gasteiger charge is -2.21. The highest BCUT2D eigenvalue weighted by molar-refractivity contribution is 5.97. The summed E-state index contributed by atoms with van der Waals surface area (Å²) < 4.78 is 31.0. The highest BCUT2D eigenvalue weighted by Crippen LogP contribution is 2.43. The van der Waals surface area contributed by atoms with Crippen LogP contribution in [0.25, 0.3) is 0 Å². The SMILES string of the molecule is COc1c(C(=O)NC2CCNC23CC3)cccc1C(F)F. The van der Waals surface area contributed by atoms with E-state index in [2.05, 4.69) is 10.6 Å². The van der Waals surface area contributed by atoms with Gasteiger partial charge >= 0.3 is 0 Å². The van der Waals surface area contributed by atoms with E-state index in [-0.39, 0.29) is 34.4 Å². The lowest BCUT2D eigenvalue weighted by atomic mass is 10.0. The average molecular weight is 296 g/mol. The van der Waals surface area contributed by atoms with E-state index in [0.717, 1.165) is 25.8 Å². The first-order chi connectivity index (χ1) is 10.1. The zero-order valence-electron chi connectivity index (χ0n) is 11.8. The van der Waals surface area contributed by atoms with Crippen LogP contribution in [0.15, 0.2) is 18.2 Å². The molecule has 1 saturated carbocycles. The molecule has 0 aromatic heterocycles. The van der Waals surface area contributed by atoms with Crippen molar-refractivity contribution in [2.75, 3.05) is 13.7 Å². The summed E-state index contributed by atoms with van der Waals surface area (Å²) in [6, 6.07) is 4.31. The molecule has 21 heavy (non-hydrogen) atoms. The number of ether oxygens (including phenoxy) is 1. The van der Waals surface area contributed by atoms with Gasteiger partial charge in [-0.1, -0.05) is 6.07 Å². The molecule has 1 aromatic rings. The Bertz CT molecular complexity index is 559. The minimum absolute atomic E-state index is 0.0310. The van der Waals surface area contributed by atoms with Crippen molar-refractivity contribution in [3.05, 3.63) is 29.3 Å². The van der Waals surface area contributed by atoms with E-state index in [0.29, 0.717) is 0 Å². The summed E-state index contributed by atoms with van der Waals surface area (Å²) in [6.45, 7) is 0.874. The van der Waals surface area contributed by atoms with E-state index >= 15 is 0 Å². The molecule has 1 saturated heterocycles. The number of benzene rings is 1. The van der Waals surface area contributed by atoms with Crippen LogP contribution in [0.5, 0.6) is 5.75 Å². The fourth-order valence-electron chi connectivity index (χ4n) is 3.10. The number of halogens is 2. The van der Waals surface area contributed by atoms with Gasteiger partial charge in [0.25, 0.3) is 12.3 Å². The fourth-order valence-corrected chi connectivity index (χ4v) is 3.10. The Labute approximate surface area is 121 Å². The Balaban J connectivity index is 1.83. The third-order valence-electron chi connectivity index (χ3n) is 4.40. The van der Waals surface area contributed by atoms with Gasteiger partial charge in [0.15, 0.2) is 0 Å². The molecule has 1 unspecified atom stereocenters. The molecule has 2 fully saturated rings. The summed E-state index contributed by atoms with van der Waals surface area (Å²) in [6.07, 6.45) is 0.289. The summed E-state index contributed by atoms with van der Waals surface area (Å²) in [5, 5.41) is 6.37. The number of rotatable bonds is 4. The predicted molar refractivity (Wildman–Crippen MR) is 73.8 cm³/mol. The summed E-state index contributed by atoms with van der Waals surface area (Å²) in [5.41, 5.74) is -0.0581. The lowest BCUT2D eigenvalue weighted by molar-refractivity contribution is 0.0927. The first-order valence-corrected chi connectivity index (χ1v) is 7.08. The van der Waals surface area contributed by atoms with Crippen LogP contribution in [0, 0.1) is 0 Å². The summed E-state index contributed by atoms with van der Waals surface area (Å²) in [4.78, 5) is 12.4. The third kappa shape index (κ3) is 2.48. The first-order valence-electron chi connectivity index (χ1n) is 7.08. The molecule has 2 N–H and O–H groups in total. The number of methoxy groups -OCH3 is 1. The van der Waals surface area contributed by atoms with E-state index in [1.54, 1.807) is 0 Å². The molecular weight excluding hydrogens is 278 g/mol. The van der Waals surface area contributed by atoms with E-state index in [9.17, 15) is 13.6 Å². The highest BCUT2D eigenvalue weighted by Gasteiger charge is 2.52. The molecule has 1 heterocycles. The topological polar surface area (TPSA) is 50.4 Å². The van der Waals surface area contributed by atoms with Gasteiger partial charge in [-0.15, -0.1) is 0 Å². The molecule has 1 atom stereocenters. The van der Waals surface area contributed by atoms with Gasteiger partial charge in [0.2, 0.25) is 0 Å². The summed E-state index contributed by atoms with van der Waals surface area (Å²) in [7, 11) is 1.30. The lowest BCUT2D eigenvalue weighted by Crippen LogP contribution is -2.45. The van der Waals surface area contributed by atoms with Gasteiger partial charge in [-0.25, -0.2) is 8.78 Å². The van der Waals surface area contributed by atoms with Crippen molar-refractivity contribution in [1.82, 2.24) is 10.6 Å². The molecule has 0 bridgehead atoms. The highest BCUT2D eigenvalue weighted by atomic mass is 19.3. The minimum Gasteiger partial charge on any atom is -0.495 e. The number of nitrogens with one attached hydrogen (secondary N) is 2. The number of para-hydroxylation sites is 1. The molecule has 1 spiro atoms. The predicted octanol–water partition coefficient (Wildman–Crippen LogP) is 2.26. The molecule has 0 radical (unpaired) electrons.